The van der Waals surface area contributed by atoms with Crippen molar-refractivity contribution in [2.45, 2.75) is 45.6 Å². The SMILES string of the molecule is CC(C)CN1CCC(C(=O)N2CCC(OCCCO)CC2)C1. The molecule has 0 radical (unpaired) electrons. The lowest BCUT2D eigenvalue weighted by Gasteiger charge is -2.33. The van der Waals surface area contributed by atoms with Gasteiger partial charge in [-0.1, -0.05) is 13.8 Å². The molecule has 2 fully saturated rings. The van der Waals surface area contributed by atoms with Gasteiger partial charge in [-0.15, -0.1) is 0 Å². The molecule has 22 heavy (non-hydrogen) atoms. The van der Waals surface area contributed by atoms with Gasteiger partial charge in [0, 0.05) is 39.4 Å². The molecule has 1 atom stereocenters. The van der Waals surface area contributed by atoms with Gasteiger partial charge in [-0.2, -0.15) is 0 Å². The summed E-state index contributed by atoms with van der Waals surface area (Å²) in [6, 6.07) is 0. The van der Waals surface area contributed by atoms with Crippen molar-refractivity contribution >= 4 is 5.91 Å². The fraction of sp³-hybridized carbons (Fsp3) is 0.941. The number of hydrogen-bond donors (Lipinski definition) is 1. The van der Waals surface area contributed by atoms with Crippen LogP contribution in [0.25, 0.3) is 0 Å². The summed E-state index contributed by atoms with van der Waals surface area (Å²) in [5.74, 6) is 1.21. The summed E-state index contributed by atoms with van der Waals surface area (Å²) in [5.41, 5.74) is 0. The molecule has 2 aliphatic rings. The number of nitrogens with zero attached hydrogens (tertiary/aromatic N) is 2. The van der Waals surface area contributed by atoms with Gasteiger partial charge in [0.2, 0.25) is 5.91 Å². The maximum Gasteiger partial charge on any atom is 0.227 e. The van der Waals surface area contributed by atoms with Crippen molar-refractivity contribution in [2.75, 3.05) is 45.9 Å². The molecular weight excluding hydrogens is 280 g/mol. The van der Waals surface area contributed by atoms with Gasteiger partial charge < -0.3 is 19.6 Å². The Hall–Kier alpha value is -0.650. The highest BCUT2D eigenvalue weighted by molar-refractivity contribution is 5.79. The minimum absolute atomic E-state index is 0.186. The number of carbonyl (C=O) groups is 1. The van der Waals surface area contributed by atoms with Crippen LogP contribution in [0.3, 0.4) is 0 Å². The number of aliphatic hydroxyl groups is 1. The highest BCUT2D eigenvalue weighted by Gasteiger charge is 2.33. The van der Waals surface area contributed by atoms with Crippen molar-refractivity contribution in [3.05, 3.63) is 0 Å². The third kappa shape index (κ3) is 5.21. The molecule has 5 heteroatoms. The van der Waals surface area contributed by atoms with Crippen molar-refractivity contribution in [1.82, 2.24) is 9.80 Å². The van der Waals surface area contributed by atoms with Crippen LogP contribution in [0, 0.1) is 11.8 Å². The van der Waals surface area contributed by atoms with Crippen LogP contribution in [0.2, 0.25) is 0 Å². The highest BCUT2D eigenvalue weighted by Crippen LogP contribution is 2.22. The fourth-order valence-electron chi connectivity index (χ4n) is 3.53. The van der Waals surface area contributed by atoms with E-state index in [2.05, 4.69) is 18.7 Å². The van der Waals surface area contributed by atoms with Crippen LogP contribution in [0.15, 0.2) is 0 Å². The van der Waals surface area contributed by atoms with E-state index < -0.39 is 0 Å². The molecule has 0 aromatic heterocycles. The van der Waals surface area contributed by atoms with E-state index >= 15 is 0 Å². The van der Waals surface area contributed by atoms with Gasteiger partial charge in [-0.3, -0.25) is 4.79 Å². The maximum absolute atomic E-state index is 12.6. The number of ether oxygens (including phenoxy) is 1. The molecule has 0 aliphatic carbocycles. The summed E-state index contributed by atoms with van der Waals surface area (Å²) in [6.07, 6.45) is 3.83. The first kappa shape index (κ1) is 17.7. The van der Waals surface area contributed by atoms with Gasteiger partial charge in [0.25, 0.3) is 0 Å². The highest BCUT2D eigenvalue weighted by atomic mass is 16.5. The predicted octanol–water partition coefficient (Wildman–Crippen LogP) is 1.35. The van der Waals surface area contributed by atoms with Crippen LogP contribution in [0.4, 0.5) is 0 Å². The molecule has 2 rings (SSSR count). The average Bonchev–Trinajstić information content (AvgIpc) is 2.95. The van der Waals surface area contributed by atoms with Crippen LogP contribution in [0.5, 0.6) is 0 Å². The van der Waals surface area contributed by atoms with E-state index in [0.717, 1.165) is 52.0 Å². The Morgan fingerprint density at radius 2 is 1.95 bits per heavy atom. The lowest BCUT2D eigenvalue weighted by atomic mass is 10.0. The molecule has 1 amide bonds. The molecule has 0 bridgehead atoms. The number of hydrogen-bond acceptors (Lipinski definition) is 4. The number of carbonyl (C=O) groups excluding carboxylic acids is 1. The number of piperidine rings is 1. The zero-order valence-electron chi connectivity index (χ0n) is 14.2. The summed E-state index contributed by atoms with van der Waals surface area (Å²) < 4.78 is 5.73. The van der Waals surface area contributed by atoms with Gasteiger partial charge >= 0.3 is 0 Å². The first-order chi connectivity index (χ1) is 10.6. The zero-order chi connectivity index (χ0) is 15.9. The number of aliphatic hydroxyl groups excluding tert-OH is 1. The molecule has 128 valence electrons. The Balaban J connectivity index is 1.69. The van der Waals surface area contributed by atoms with Gasteiger partial charge in [-0.05, 0) is 38.1 Å². The molecule has 2 saturated heterocycles. The molecule has 0 saturated carbocycles. The van der Waals surface area contributed by atoms with Crippen LogP contribution in [-0.4, -0.2) is 72.9 Å². The van der Waals surface area contributed by atoms with Crippen molar-refractivity contribution in [3.63, 3.8) is 0 Å². The molecule has 1 N–H and O–H groups in total. The summed E-state index contributed by atoms with van der Waals surface area (Å²) >= 11 is 0. The summed E-state index contributed by atoms with van der Waals surface area (Å²) in [7, 11) is 0. The second-order valence-electron chi connectivity index (χ2n) is 7.11. The van der Waals surface area contributed by atoms with Crippen LogP contribution >= 0.6 is 0 Å². The Labute approximate surface area is 134 Å². The molecule has 0 spiro atoms. The molecule has 2 heterocycles. The topological polar surface area (TPSA) is 53.0 Å². The average molecular weight is 312 g/mol. The normalized spacial score (nSPS) is 24.4. The van der Waals surface area contributed by atoms with Crippen LogP contribution < -0.4 is 0 Å². The Bertz CT molecular complexity index is 341. The number of rotatable bonds is 7. The van der Waals surface area contributed by atoms with Crippen molar-refractivity contribution in [2.24, 2.45) is 11.8 Å². The molecule has 5 nitrogen and oxygen atoms in total. The molecule has 0 aromatic carbocycles. The molecule has 1 unspecified atom stereocenters. The molecule has 2 aliphatic heterocycles. The fourth-order valence-corrected chi connectivity index (χ4v) is 3.53. The van der Waals surface area contributed by atoms with Crippen LogP contribution in [-0.2, 0) is 9.53 Å². The van der Waals surface area contributed by atoms with Crippen LogP contribution in [0.1, 0.15) is 39.5 Å². The third-order valence-corrected chi connectivity index (χ3v) is 4.65. The van der Waals surface area contributed by atoms with E-state index in [9.17, 15) is 4.79 Å². The monoisotopic (exact) mass is 312 g/mol. The Morgan fingerprint density at radius 1 is 1.23 bits per heavy atom. The lowest BCUT2D eigenvalue weighted by Crippen LogP contribution is -2.44. The third-order valence-electron chi connectivity index (χ3n) is 4.65. The van der Waals surface area contributed by atoms with E-state index in [1.807, 2.05) is 4.90 Å². The van der Waals surface area contributed by atoms with E-state index in [1.165, 1.54) is 0 Å². The standard InChI is InChI=1S/C17H32N2O3/c1-14(2)12-18-7-4-15(13-18)17(21)19-8-5-16(6-9-19)22-11-3-10-20/h14-16,20H,3-13H2,1-2H3. The van der Waals surface area contributed by atoms with Crippen molar-refractivity contribution < 1.29 is 14.6 Å². The van der Waals surface area contributed by atoms with E-state index in [0.29, 0.717) is 24.9 Å². The second-order valence-corrected chi connectivity index (χ2v) is 7.11. The van der Waals surface area contributed by atoms with E-state index in [1.54, 1.807) is 0 Å². The number of likely N-dealkylation sites (tertiary alicyclic amines) is 2. The first-order valence-electron chi connectivity index (χ1n) is 8.83. The summed E-state index contributed by atoms with van der Waals surface area (Å²) in [5, 5.41) is 8.77. The minimum Gasteiger partial charge on any atom is -0.396 e. The van der Waals surface area contributed by atoms with E-state index in [4.69, 9.17) is 9.84 Å². The molecular formula is C17H32N2O3. The zero-order valence-corrected chi connectivity index (χ0v) is 14.2. The van der Waals surface area contributed by atoms with Gasteiger partial charge in [0.1, 0.15) is 0 Å². The minimum atomic E-state index is 0.186. The smallest absolute Gasteiger partial charge is 0.227 e. The van der Waals surface area contributed by atoms with Gasteiger partial charge in [-0.25, -0.2) is 0 Å². The number of amides is 1. The second kappa shape index (κ2) is 8.85. The van der Waals surface area contributed by atoms with Crippen molar-refractivity contribution in [3.8, 4) is 0 Å². The first-order valence-corrected chi connectivity index (χ1v) is 8.83. The Kier molecular flexibility index (Phi) is 7.12. The van der Waals surface area contributed by atoms with E-state index in [-0.39, 0.29) is 18.6 Å². The quantitative estimate of drug-likeness (QED) is 0.721. The van der Waals surface area contributed by atoms with Gasteiger partial charge in [0.05, 0.1) is 12.0 Å². The predicted molar refractivity (Wildman–Crippen MR) is 86.6 cm³/mol. The summed E-state index contributed by atoms with van der Waals surface area (Å²) in [4.78, 5) is 17.1. The maximum atomic E-state index is 12.6. The van der Waals surface area contributed by atoms with Crippen molar-refractivity contribution in [1.29, 1.82) is 0 Å². The largest absolute Gasteiger partial charge is 0.396 e. The molecule has 0 aromatic rings. The summed E-state index contributed by atoms with van der Waals surface area (Å²) in [6.45, 7) is 10.0. The lowest BCUT2D eigenvalue weighted by molar-refractivity contribution is -0.137. The Morgan fingerprint density at radius 3 is 2.59 bits per heavy atom. The van der Waals surface area contributed by atoms with Gasteiger partial charge in [0.15, 0.2) is 0 Å².